The summed E-state index contributed by atoms with van der Waals surface area (Å²) in [6, 6.07) is 6.60. The van der Waals surface area contributed by atoms with E-state index in [4.69, 9.17) is 4.74 Å². The van der Waals surface area contributed by atoms with E-state index in [9.17, 15) is 9.18 Å². The maximum absolute atomic E-state index is 13.7. The van der Waals surface area contributed by atoms with Gasteiger partial charge in [0, 0.05) is 5.56 Å². The van der Waals surface area contributed by atoms with Crippen LogP contribution in [-0.4, -0.2) is 17.9 Å². The molecule has 0 aliphatic rings. The van der Waals surface area contributed by atoms with E-state index in [0.29, 0.717) is 17.7 Å². The molecule has 0 amide bonds. The number of benzene rings is 1. The maximum atomic E-state index is 13.7. The summed E-state index contributed by atoms with van der Waals surface area (Å²) in [7, 11) is 0. The average molecular weight is 312 g/mol. The molecule has 118 valence electrons. The lowest BCUT2D eigenvalue weighted by Crippen LogP contribution is -2.12. The van der Waals surface area contributed by atoms with Gasteiger partial charge in [-0.15, -0.1) is 12.6 Å². The first-order valence-corrected chi connectivity index (χ1v) is 8.18. The van der Waals surface area contributed by atoms with Crippen molar-refractivity contribution in [2.24, 2.45) is 0 Å². The van der Waals surface area contributed by atoms with Gasteiger partial charge in [-0.3, -0.25) is 4.79 Å². The Bertz CT molecular complexity index is 406. The number of halogens is 1. The van der Waals surface area contributed by atoms with Crippen LogP contribution in [0, 0.1) is 0 Å². The second-order valence-corrected chi connectivity index (χ2v) is 5.70. The smallest absolute Gasteiger partial charge is 0.216 e. The highest BCUT2D eigenvalue weighted by atomic mass is 32.1. The Morgan fingerprint density at radius 3 is 2.38 bits per heavy atom. The highest BCUT2D eigenvalue weighted by Crippen LogP contribution is 2.16. The first-order chi connectivity index (χ1) is 10.1. The maximum Gasteiger partial charge on any atom is 0.216 e. The van der Waals surface area contributed by atoms with E-state index in [1.54, 1.807) is 24.3 Å². The Kier molecular flexibility index (Phi) is 9.15. The van der Waals surface area contributed by atoms with Crippen molar-refractivity contribution in [3.05, 3.63) is 29.8 Å². The van der Waals surface area contributed by atoms with Gasteiger partial charge in [0.05, 0.1) is 0 Å². The number of carbonyl (C=O) groups is 1. The third-order valence-corrected chi connectivity index (χ3v) is 3.66. The second kappa shape index (κ2) is 10.7. The Balaban J connectivity index is 2.14. The van der Waals surface area contributed by atoms with Crippen molar-refractivity contribution in [2.45, 2.75) is 58.0 Å². The number of unbranched alkanes of at least 4 members (excludes halogenated alkanes) is 5. The fraction of sp³-hybridized carbons (Fsp3) is 0.588. The van der Waals surface area contributed by atoms with Gasteiger partial charge in [0.25, 0.3) is 0 Å². The summed E-state index contributed by atoms with van der Waals surface area (Å²) >= 11 is 3.74. The number of hydrogen-bond acceptors (Lipinski definition) is 2. The lowest BCUT2D eigenvalue weighted by Gasteiger charge is -2.10. The van der Waals surface area contributed by atoms with Crippen molar-refractivity contribution in [1.82, 2.24) is 0 Å². The Labute approximate surface area is 132 Å². The van der Waals surface area contributed by atoms with Crippen molar-refractivity contribution in [3.8, 4) is 5.75 Å². The van der Waals surface area contributed by atoms with Crippen LogP contribution >= 0.6 is 12.6 Å². The molecule has 1 aromatic carbocycles. The molecule has 0 N–H and O–H groups in total. The van der Waals surface area contributed by atoms with E-state index in [-0.39, 0.29) is 11.7 Å². The van der Waals surface area contributed by atoms with Gasteiger partial charge < -0.3 is 4.74 Å². The summed E-state index contributed by atoms with van der Waals surface area (Å²) in [6.07, 6.45) is 6.59. The van der Waals surface area contributed by atoms with Crippen LogP contribution in [0.1, 0.15) is 62.2 Å². The standard InChI is InChI=1S/C17H25FO2S/c1-2-3-4-5-6-7-8-15(18)13-20-16-11-9-14(10-12-16)17(19)21/h9-12,15H,2-8,13H2,1H3,(H,19,21). The van der Waals surface area contributed by atoms with Crippen molar-refractivity contribution >= 4 is 17.7 Å². The Morgan fingerprint density at radius 1 is 1.14 bits per heavy atom. The van der Waals surface area contributed by atoms with Crippen molar-refractivity contribution in [3.63, 3.8) is 0 Å². The molecule has 0 heterocycles. The second-order valence-electron chi connectivity index (χ2n) is 5.29. The molecule has 21 heavy (non-hydrogen) atoms. The van der Waals surface area contributed by atoms with E-state index in [1.165, 1.54) is 25.7 Å². The van der Waals surface area contributed by atoms with E-state index < -0.39 is 6.17 Å². The largest absolute Gasteiger partial charge is 0.491 e. The third kappa shape index (κ3) is 8.10. The van der Waals surface area contributed by atoms with Gasteiger partial charge in [0.1, 0.15) is 18.5 Å². The minimum Gasteiger partial charge on any atom is -0.491 e. The van der Waals surface area contributed by atoms with Gasteiger partial charge in [-0.25, -0.2) is 4.39 Å². The molecule has 4 heteroatoms. The molecule has 1 unspecified atom stereocenters. The molecule has 1 aromatic rings. The summed E-state index contributed by atoms with van der Waals surface area (Å²) in [5.74, 6) is 0.582. The topological polar surface area (TPSA) is 26.3 Å². The average Bonchev–Trinajstić information content (AvgIpc) is 2.49. The molecule has 2 nitrogen and oxygen atoms in total. The van der Waals surface area contributed by atoms with Crippen LogP contribution < -0.4 is 4.74 Å². The molecule has 0 spiro atoms. The summed E-state index contributed by atoms with van der Waals surface area (Å²) in [5.41, 5.74) is 0.509. The zero-order valence-corrected chi connectivity index (χ0v) is 13.6. The van der Waals surface area contributed by atoms with Crippen molar-refractivity contribution < 1.29 is 13.9 Å². The zero-order valence-electron chi connectivity index (χ0n) is 12.7. The molecule has 0 saturated heterocycles. The molecule has 0 fully saturated rings. The van der Waals surface area contributed by atoms with Gasteiger partial charge in [0.2, 0.25) is 5.12 Å². The molecular weight excluding hydrogens is 287 g/mol. The molecule has 0 radical (unpaired) electrons. The van der Waals surface area contributed by atoms with Gasteiger partial charge in [-0.1, -0.05) is 45.4 Å². The monoisotopic (exact) mass is 312 g/mol. The number of rotatable bonds is 11. The summed E-state index contributed by atoms with van der Waals surface area (Å²) in [6.45, 7) is 2.26. The van der Waals surface area contributed by atoms with E-state index in [1.807, 2.05) is 0 Å². The molecule has 0 aromatic heterocycles. The fourth-order valence-electron chi connectivity index (χ4n) is 2.11. The van der Waals surface area contributed by atoms with Gasteiger partial charge in [0.15, 0.2) is 0 Å². The number of alkyl halides is 1. The van der Waals surface area contributed by atoms with Crippen LogP contribution in [0.4, 0.5) is 4.39 Å². The SMILES string of the molecule is CCCCCCCCC(F)COc1ccc(C(=O)S)cc1. The predicted molar refractivity (Wildman–Crippen MR) is 88.1 cm³/mol. The van der Waals surface area contributed by atoms with Crippen LogP contribution in [0.2, 0.25) is 0 Å². The highest BCUT2D eigenvalue weighted by Gasteiger charge is 2.08. The molecule has 0 saturated carbocycles. The first-order valence-electron chi connectivity index (χ1n) is 7.73. The molecule has 1 rings (SSSR count). The van der Waals surface area contributed by atoms with Crippen LogP contribution in [0.3, 0.4) is 0 Å². The van der Waals surface area contributed by atoms with E-state index in [0.717, 1.165) is 12.8 Å². The first kappa shape index (κ1) is 18.0. The van der Waals surface area contributed by atoms with E-state index in [2.05, 4.69) is 19.6 Å². The highest BCUT2D eigenvalue weighted by molar-refractivity contribution is 7.97. The lowest BCUT2D eigenvalue weighted by atomic mass is 10.1. The third-order valence-electron chi connectivity index (χ3n) is 3.40. The van der Waals surface area contributed by atoms with Gasteiger partial charge in [-0.05, 0) is 30.7 Å². The van der Waals surface area contributed by atoms with E-state index >= 15 is 0 Å². The van der Waals surface area contributed by atoms with Crippen molar-refractivity contribution in [2.75, 3.05) is 6.61 Å². The lowest BCUT2D eigenvalue weighted by molar-refractivity contribution is 0.109. The quantitative estimate of drug-likeness (QED) is 0.447. The van der Waals surface area contributed by atoms with Crippen LogP contribution in [0.15, 0.2) is 24.3 Å². The molecule has 0 aliphatic heterocycles. The van der Waals surface area contributed by atoms with Gasteiger partial charge >= 0.3 is 0 Å². The Hall–Kier alpha value is -1.03. The molecule has 1 atom stereocenters. The minimum absolute atomic E-state index is 0.0725. The number of thiol groups is 1. The van der Waals surface area contributed by atoms with Crippen LogP contribution in [0.25, 0.3) is 0 Å². The fourth-order valence-corrected chi connectivity index (χ4v) is 2.26. The van der Waals surface area contributed by atoms with Crippen LogP contribution in [0.5, 0.6) is 5.75 Å². The summed E-state index contributed by atoms with van der Waals surface area (Å²) < 4.78 is 19.1. The minimum atomic E-state index is -0.928. The summed E-state index contributed by atoms with van der Waals surface area (Å²) in [4.78, 5) is 11.0. The number of ether oxygens (including phenoxy) is 1. The number of hydrogen-bond donors (Lipinski definition) is 1. The predicted octanol–water partition coefficient (Wildman–Crippen LogP) is 5.22. The zero-order chi connectivity index (χ0) is 15.5. The van der Waals surface area contributed by atoms with Crippen LogP contribution in [-0.2, 0) is 0 Å². The molecular formula is C17H25FO2S. The van der Waals surface area contributed by atoms with Gasteiger partial charge in [-0.2, -0.15) is 0 Å². The number of carbonyl (C=O) groups excluding carboxylic acids is 1. The summed E-state index contributed by atoms with van der Waals surface area (Å²) in [5, 5.41) is -0.284. The molecule has 0 aliphatic carbocycles. The molecule has 0 bridgehead atoms. The van der Waals surface area contributed by atoms with Crippen molar-refractivity contribution in [1.29, 1.82) is 0 Å². The normalized spacial score (nSPS) is 12.1. The Morgan fingerprint density at radius 2 is 1.76 bits per heavy atom.